The average molecular weight is 480 g/mol. The molecule has 2 aromatic rings. The van der Waals surface area contributed by atoms with Crippen LogP contribution in [0.25, 0.3) is 0 Å². The highest BCUT2D eigenvalue weighted by atomic mass is 16.6. The maximum absolute atomic E-state index is 12.2. The lowest BCUT2D eigenvalue weighted by atomic mass is 10.2. The molecule has 0 radical (unpaired) electrons. The fourth-order valence-electron chi connectivity index (χ4n) is 3.46. The molecule has 1 fully saturated rings. The molecule has 0 atom stereocenters. The fourth-order valence-corrected chi connectivity index (χ4v) is 3.46. The highest BCUT2D eigenvalue weighted by Crippen LogP contribution is 2.19. The van der Waals surface area contributed by atoms with E-state index in [1.807, 2.05) is 51.1 Å². The second-order valence-corrected chi connectivity index (χ2v) is 9.17. The Hall–Kier alpha value is -3.57. The fraction of sp³-hybridized carbons (Fsp3) is 0.444. The van der Waals surface area contributed by atoms with E-state index in [-0.39, 0.29) is 11.8 Å². The van der Waals surface area contributed by atoms with Gasteiger partial charge in [0.2, 0.25) is 0 Å². The monoisotopic (exact) mass is 479 g/mol. The van der Waals surface area contributed by atoms with Crippen LogP contribution in [0.1, 0.15) is 48.9 Å². The number of pyridine rings is 1. The van der Waals surface area contributed by atoms with Gasteiger partial charge in [0.1, 0.15) is 17.9 Å². The molecule has 0 saturated carbocycles. The molecule has 1 saturated heterocycles. The summed E-state index contributed by atoms with van der Waals surface area (Å²) in [6, 6.07) is 13.1. The van der Waals surface area contributed by atoms with Crippen LogP contribution in [-0.2, 0) is 16.1 Å². The number of methoxy groups -OCH3 is 1. The number of nitrogens with zero attached hydrogens (tertiary/aromatic N) is 3. The van der Waals surface area contributed by atoms with Crippen molar-refractivity contribution in [3.8, 4) is 17.6 Å². The van der Waals surface area contributed by atoms with E-state index in [2.05, 4.69) is 21.7 Å². The smallest absolute Gasteiger partial charge is 0.410 e. The number of rotatable bonds is 6. The van der Waals surface area contributed by atoms with Crippen molar-refractivity contribution in [2.24, 2.45) is 0 Å². The maximum atomic E-state index is 12.2. The van der Waals surface area contributed by atoms with E-state index in [1.54, 1.807) is 17.0 Å². The highest BCUT2D eigenvalue weighted by molar-refractivity contribution is 5.90. The number of hydrogen-bond acceptors (Lipinski definition) is 7. The van der Waals surface area contributed by atoms with Gasteiger partial charge in [0, 0.05) is 39.1 Å². The lowest BCUT2D eigenvalue weighted by molar-refractivity contribution is 0.0147. The Morgan fingerprint density at radius 1 is 1.03 bits per heavy atom. The Bertz CT molecular complexity index is 1060. The Labute approximate surface area is 207 Å². The van der Waals surface area contributed by atoms with E-state index in [9.17, 15) is 9.59 Å². The van der Waals surface area contributed by atoms with Gasteiger partial charge in [-0.1, -0.05) is 36.3 Å². The van der Waals surface area contributed by atoms with E-state index < -0.39 is 11.6 Å². The molecular weight excluding hydrogens is 446 g/mol. The van der Waals surface area contributed by atoms with Gasteiger partial charge in [-0.3, -0.25) is 4.90 Å². The summed E-state index contributed by atoms with van der Waals surface area (Å²) in [4.78, 5) is 32.8. The molecule has 0 unspecified atom stereocenters. The first-order chi connectivity index (χ1) is 16.7. The highest BCUT2D eigenvalue weighted by Gasteiger charge is 2.25. The third kappa shape index (κ3) is 8.30. The quantitative estimate of drug-likeness (QED) is 0.461. The Morgan fingerprint density at radius 3 is 2.40 bits per heavy atom. The van der Waals surface area contributed by atoms with Crippen molar-refractivity contribution in [2.45, 2.75) is 39.4 Å². The SMILES string of the molecule is COC(=O)c1nc(C#CCCN2CCN(C(=O)OC(C)(C)C)CC2)ccc1OCc1ccccc1. The number of ether oxygens (including phenoxy) is 3. The van der Waals surface area contributed by atoms with E-state index >= 15 is 0 Å². The molecule has 0 spiro atoms. The van der Waals surface area contributed by atoms with Gasteiger partial charge in [0.25, 0.3) is 0 Å². The zero-order valence-electron chi connectivity index (χ0n) is 20.9. The van der Waals surface area contributed by atoms with Crippen LogP contribution < -0.4 is 4.74 Å². The van der Waals surface area contributed by atoms with E-state index in [0.29, 0.717) is 37.6 Å². The molecule has 0 bridgehead atoms. The number of amides is 1. The van der Waals surface area contributed by atoms with Crippen molar-refractivity contribution < 1.29 is 23.8 Å². The first-order valence-electron chi connectivity index (χ1n) is 11.7. The van der Waals surface area contributed by atoms with Crippen LogP contribution in [0.4, 0.5) is 4.79 Å². The lowest BCUT2D eigenvalue weighted by Crippen LogP contribution is -2.50. The molecule has 35 heavy (non-hydrogen) atoms. The van der Waals surface area contributed by atoms with Gasteiger partial charge in [-0.25, -0.2) is 14.6 Å². The molecule has 2 heterocycles. The Kier molecular flexibility index (Phi) is 9.10. The van der Waals surface area contributed by atoms with Gasteiger partial charge in [-0.05, 0) is 44.4 Å². The average Bonchev–Trinajstić information content (AvgIpc) is 2.85. The number of piperazine rings is 1. The standard InChI is InChI=1S/C27H33N3O5/c1-27(2,3)35-26(32)30-18-16-29(17-19-30)15-9-8-12-22-13-14-23(24(28-22)25(31)33-4)34-20-21-10-6-5-7-11-21/h5-7,10-11,13-14H,9,15-20H2,1-4H3. The summed E-state index contributed by atoms with van der Waals surface area (Å²) in [6.45, 7) is 9.54. The zero-order valence-corrected chi connectivity index (χ0v) is 20.9. The van der Waals surface area contributed by atoms with Gasteiger partial charge >= 0.3 is 12.1 Å². The largest absolute Gasteiger partial charge is 0.486 e. The molecule has 1 aromatic carbocycles. The van der Waals surface area contributed by atoms with Crippen LogP contribution in [0.3, 0.4) is 0 Å². The van der Waals surface area contributed by atoms with Gasteiger partial charge in [0.05, 0.1) is 7.11 Å². The van der Waals surface area contributed by atoms with E-state index in [4.69, 9.17) is 14.2 Å². The molecule has 186 valence electrons. The molecule has 3 rings (SSSR count). The van der Waals surface area contributed by atoms with Gasteiger partial charge in [-0.15, -0.1) is 0 Å². The molecular formula is C27H33N3O5. The van der Waals surface area contributed by atoms with Crippen molar-refractivity contribution >= 4 is 12.1 Å². The predicted molar refractivity (Wildman–Crippen MR) is 132 cm³/mol. The molecule has 8 heteroatoms. The van der Waals surface area contributed by atoms with Crippen molar-refractivity contribution in [3.63, 3.8) is 0 Å². The second-order valence-electron chi connectivity index (χ2n) is 9.17. The van der Waals surface area contributed by atoms with Crippen LogP contribution in [-0.4, -0.2) is 72.3 Å². The van der Waals surface area contributed by atoms with Gasteiger partial charge in [0.15, 0.2) is 11.4 Å². The predicted octanol–water partition coefficient (Wildman–Crippen LogP) is 3.74. The number of esters is 1. The van der Waals surface area contributed by atoms with E-state index in [1.165, 1.54) is 7.11 Å². The number of hydrogen-bond donors (Lipinski definition) is 0. The van der Waals surface area contributed by atoms with Crippen LogP contribution in [0.5, 0.6) is 5.75 Å². The Balaban J connectivity index is 1.52. The first kappa shape index (κ1) is 26.0. The van der Waals surface area contributed by atoms with Crippen LogP contribution >= 0.6 is 0 Å². The first-order valence-corrected chi connectivity index (χ1v) is 11.7. The van der Waals surface area contributed by atoms with Crippen LogP contribution in [0, 0.1) is 11.8 Å². The normalized spacial score (nSPS) is 14.0. The van der Waals surface area contributed by atoms with E-state index in [0.717, 1.165) is 25.2 Å². The maximum Gasteiger partial charge on any atom is 0.410 e. The lowest BCUT2D eigenvalue weighted by Gasteiger charge is -2.35. The van der Waals surface area contributed by atoms with Crippen molar-refractivity contribution in [2.75, 3.05) is 39.8 Å². The van der Waals surface area contributed by atoms with Crippen molar-refractivity contribution in [3.05, 3.63) is 59.4 Å². The second kappa shape index (κ2) is 12.2. The van der Waals surface area contributed by atoms with Gasteiger partial charge in [-0.2, -0.15) is 0 Å². The third-order valence-electron chi connectivity index (χ3n) is 5.27. The number of benzene rings is 1. The summed E-state index contributed by atoms with van der Waals surface area (Å²) >= 11 is 0. The molecule has 1 aromatic heterocycles. The molecule has 1 aliphatic rings. The minimum absolute atomic E-state index is 0.105. The van der Waals surface area contributed by atoms with Gasteiger partial charge < -0.3 is 19.1 Å². The molecule has 1 amide bonds. The minimum atomic E-state index is -0.570. The molecule has 0 aliphatic carbocycles. The summed E-state index contributed by atoms with van der Waals surface area (Å²) in [5.74, 6) is 5.93. The summed E-state index contributed by atoms with van der Waals surface area (Å²) < 4.78 is 16.1. The van der Waals surface area contributed by atoms with Crippen LogP contribution in [0.15, 0.2) is 42.5 Å². The number of aromatic nitrogens is 1. The number of carbonyl (C=O) groups excluding carboxylic acids is 2. The summed E-state index contributed by atoms with van der Waals surface area (Å²) in [5.41, 5.74) is 1.08. The zero-order chi connectivity index (χ0) is 25.3. The van der Waals surface area contributed by atoms with Crippen molar-refractivity contribution in [1.29, 1.82) is 0 Å². The summed E-state index contributed by atoms with van der Waals surface area (Å²) in [5, 5.41) is 0. The molecule has 8 nitrogen and oxygen atoms in total. The minimum Gasteiger partial charge on any atom is -0.486 e. The van der Waals surface area contributed by atoms with Crippen molar-refractivity contribution in [1.82, 2.24) is 14.8 Å². The number of carbonyl (C=O) groups is 2. The topological polar surface area (TPSA) is 81.2 Å². The summed E-state index contributed by atoms with van der Waals surface area (Å²) in [7, 11) is 1.31. The summed E-state index contributed by atoms with van der Waals surface area (Å²) in [6.07, 6.45) is 0.383. The Morgan fingerprint density at radius 2 is 1.74 bits per heavy atom. The molecule has 1 aliphatic heterocycles. The molecule has 0 N–H and O–H groups in total. The third-order valence-corrected chi connectivity index (χ3v) is 5.27. The van der Waals surface area contributed by atoms with Crippen LogP contribution in [0.2, 0.25) is 0 Å².